The van der Waals surface area contributed by atoms with Gasteiger partial charge in [-0.3, -0.25) is 0 Å². The maximum Gasteiger partial charge on any atom is -0.00949 e. The highest BCUT2D eigenvalue weighted by Gasteiger charge is 2.32. The first-order valence-electron chi connectivity index (χ1n) is 6.06. The zero-order valence-corrected chi connectivity index (χ0v) is 10.6. The van der Waals surface area contributed by atoms with Crippen molar-refractivity contribution in [1.29, 1.82) is 0 Å². The second kappa shape index (κ2) is 3.37. The van der Waals surface area contributed by atoms with E-state index < -0.39 is 0 Å². The lowest BCUT2D eigenvalue weighted by Gasteiger charge is -2.23. The van der Waals surface area contributed by atoms with Gasteiger partial charge in [-0.15, -0.1) is 0 Å². The normalized spacial score (nSPS) is 18.3. The molecule has 82 valence electrons. The lowest BCUT2D eigenvalue weighted by atomic mass is 9.82. The third-order valence-corrected chi connectivity index (χ3v) is 3.86. The summed E-state index contributed by atoms with van der Waals surface area (Å²) < 4.78 is 0. The van der Waals surface area contributed by atoms with Crippen molar-refractivity contribution in [2.24, 2.45) is 0 Å². The minimum Gasteiger partial charge on any atom is -0.0587 e. The molecule has 1 aromatic carbocycles. The number of rotatable bonds is 1. The van der Waals surface area contributed by atoms with E-state index in [4.69, 9.17) is 0 Å². The average Bonchev–Trinajstić information content (AvgIpc) is 2.43. The van der Waals surface area contributed by atoms with Crippen LogP contribution in [0.5, 0.6) is 0 Å². The highest BCUT2D eigenvalue weighted by Crippen LogP contribution is 2.43. The highest BCUT2D eigenvalue weighted by molar-refractivity contribution is 5.49. The molecule has 0 N–H and O–H groups in total. The van der Waals surface area contributed by atoms with E-state index in [1.54, 1.807) is 16.7 Å². The van der Waals surface area contributed by atoms with Gasteiger partial charge in [0.15, 0.2) is 0 Å². The van der Waals surface area contributed by atoms with Crippen molar-refractivity contribution >= 4 is 0 Å². The fourth-order valence-electron chi connectivity index (χ4n) is 3.10. The molecule has 0 spiro atoms. The molecule has 0 radical (unpaired) electrons. The Labute approximate surface area is 93.7 Å². The van der Waals surface area contributed by atoms with E-state index in [9.17, 15) is 0 Å². The number of benzene rings is 1. The van der Waals surface area contributed by atoms with Crippen LogP contribution in [0.25, 0.3) is 0 Å². The van der Waals surface area contributed by atoms with Crippen LogP contribution < -0.4 is 0 Å². The molecule has 0 aliphatic heterocycles. The summed E-state index contributed by atoms with van der Waals surface area (Å²) in [6, 6.07) is 4.64. The van der Waals surface area contributed by atoms with Crippen LogP contribution in [0.15, 0.2) is 12.1 Å². The predicted octanol–water partition coefficient (Wildman–Crippen LogP) is 4.34. The molecule has 1 aromatic rings. The summed E-state index contributed by atoms with van der Waals surface area (Å²) in [5, 5.41) is 0. The highest BCUT2D eigenvalue weighted by atomic mass is 14.4. The molecule has 0 bridgehead atoms. The first kappa shape index (κ1) is 10.7. The molecule has 0 heteroatoms. The van der Waals surface area contributed by atoms with Crippen LogP contribution in [0, 0.1) is 6.92 Å². The van der Waals surface area contributed by atoms with Crippen molar-refractivity contribution in [2.45, 2.75) is 58.8 Å². The molecule has 0 unspecified atom stereocenters. The van der Waals surface area contributed by atoms with Crippen molar-refractivity contribution in [1.82, 2.24) is 0 Å². The Morgan fingerprint density at radius 3 is 2.47 bits per heavy atom. The fourth-order valence-corrected chi connectivity index (χ4v) is 3.10. The van der Waals surface area contributed by atoms with E-state index in [1.165, 1.54) is 18.4 Å². The zero-order chi connectivity index (χ0) is 11.2. The molecule has 0 heterocycles. The Morgan fingerprint density at radius 2 is 1.87 bits per heavy atom. The van der Waals surface area contributed by atoms with Gasteiger partial charge in [0.25, 0.3) is 0 Å². The lowest BCUT2D eigenvalue weighted by molar-refractivity contribution is 0.520. The average molecular weight is 202 g/mol. The van der Waals surface area contributed by atoms with E-state index in [2.05, 4.69) is 46.8 Å². The molecule has 2 rings (SSSR count). The minimum atomic E-state index is 0.393. The van der Waals surface area contributed by atoms with Crippen LogP contribution in [0.4, 0.5) is 0 Å². The molecule has 0 saturated heterocycles. The summed E-state index contributed by atoms with van der Waals surface area (Å²) >= 11 is 0. The Hall–Kier alpha value is -0.780. The Balaban J connectivity index is 2.65. The first-order chi connectivity index (χ1) is 6.93. The van der Waals surface area contributed by atoms with Gasteiger partial charge in [-0.2, -0.15) is 0 Å². The third-order valence-electron chi connectivity index (χ3n) is 3.86. The summed E-state index contributed by atoms with van der Waals surface area (Å²) in [5.41, 5.74) is 6.73. The van der Waals surface area contributed by atoms with Gasteiger partial charge in [0.1, 0.15) is 0 Å². The second-order valence-electron chi connectivity index (χ2n) is 5.86. The topological polar surface area (TPSA) is 0 Å². The molecule has 0 aromatic heterocycles. The van der Waals surface area contributed by atoms with Gasteiger partial charge in [0, 0.05) is 0 Å². The standard InChI is InChI=1S/C15H22/c1-10(2)12-7-6-11(3)14-13(12)8-9-15(14,4)5/h6-7,10H,8-9H2,1-5H3. The van der Waals surface area contributed by atoms with E-state index in [-0.39, 0.29) is 0 Å². The van der Waals surface area contributed by atoms with Crippen molar-refractivity contribution in [3.05, 3.63) is 34.4 Å². The SMILES string of the molecule is Cc1ccc(C(C)C)c2c1C(C)(C)CC2. The molecule has 0 nitrogen and oxygen atoms in total. The summed E-state index contributed by atoms with van der Waals surface area (Å²) in [4.78, 5) is 0. The van der Waals surface area contributed by atoms with Gasteiger partial charge in [-0.25, -0.2) is 0 Å². The van der Waals surface area contributed by atoms with E-state index in [0.717, 1.165) is 0 Å². The predicted molar refractivity (Wildman–Crippen MR) is 66.6 cm³/mol. The molecular weight excluding hydrogens is 180 g/mol. The van der Waals surface area contributed by atoms with Crippen LogP contribution in [-0.2, 0) is 11.8 Å². The number of hydrogen-bond acceptors (Lipinski definition) is 0. The van der Waals surface area contributed by atoms with Crippen LogP contribution in [0.2, 0.25) is 0 Å². The summed E-state index contributed by atoms with van der Waals surface area (Å²) in [5.74, 6) is 0.660. The molecule has 0 amide bonds. The summed E-state index contributed by atoms with van der Waals surface area (Å²) in [6.07, 6.45) is 2.59. The number of fused-ring (bicyclic) bond motifs is 1. The van der Waals surface area contributed by atoms with Crippen LogP contribution in [-0.4, -0.2) is 0 Å². The van der Waals surface area contributed by atoms with Gasteiger partial charge >= 0.3 is 0 Å². The van der Waals surface area contributed by atoms with Crippen molar-refractivity contribution in [2.75, 3.05) is 0 Å². The molecule has 0 fully saturated rings. The van der Waals surface area contributed by atoms with Crippen LogP contribution in [0.1, 0.15) is 62.3 Å². The van der Waals surface area contributed by atoms with Gasteiger partial charge < -0.3 is 0 Å². The van der Waals surface area contributed by atoms with Gasteiger partial charge in [-0.1, -0.05) is 39.8 Å². The van der Waals surface area contributed by atoms with Gasteiger partial charge in [0.2, 0.25) is 0 Å². The summed E-state index contributed by atoms with van der Waals surface area (Å²) in [7, 11) is 0. The van der Waals surface area contributed by atoms with Crippen molar-refractivity contribution < 1.29 is 0 Å². The quantitative estimate of drug-likeness (QED) is 0.635. The fraction of sp³-hybridized carbons (Fsp3) is 0.600. The maximum absolute atomic E-state index is 2.38. The Kier molecular flexibility index (Phi) is 2.41. The largest absolute Gasteiger partial charge is 0.0587 e. The smallest absolute Gasteiger partial charge is 0.00949 e. The number of aryl methyl sites for hydroxylation is 1. The molecular formula is C15H22. The van der Waals surface area contributed by atoms with Crippen molar-refractivity contribution in [3.63, 3.8) is 0 Å². The van der Waals surface area contributed by atoms with E-state index in [1.807, 2.05) is 0 Å². The molecule has 15 heavy (non-hydrogen) atoms. The lowest BCUT2D eigenvalue weighted by Crippen LogP contribution is -2.14. The van der Waals surface area contributed by atoms with E-state index in [0.29, 0.717) is 11.3 Å². The number of hydrogen-bond donors (Lipinski definition) is 0. The molecule has 0 atom stereocenters. The third kappa shape index (κ3) is 1.60. The Morgan fingerprint density at radius 1 is 1.20 bits per heavy atom. The molecule has 1 aliphatic rings. The second-order valence-corrected chi connectivity index (χ2v) is 5.86. The summed E-state index contributed by atoms with van der Waals surface area (Å²) in [6.45, 7) is 11.6. The van der Waals surface area contributed by atoms with Gasteiger partial charge in [0.05, 0.1) is 0 Å². The van der Waals surface area contributed by atoms with Crippen LogP contribution >= 0.6 is 0 Å². The van der Waals surface area contributed by atoms with Crippen molar-refractivity contribution in [3.8, 4) is 0 Å². The Bertz CT molecular complexity index is 383. The van der Waals surface area contributed by atoms with Crippen LogP contribution in [0.3, 0.4) is 0 Å². The first-order valence-corrected chi connectivity index (χ1v) is 6.06. The monoisotopic (exact) mass is 202 g/mol. The zero-order valence-electron chi connectivity index (χ0n) is 10.6. The molecule has 1 aliphatic carbocycles. The minimum absolute atomic E-state index is 0.393. The maximum atomic E-state index is 2.38. The van der Waals surface area contributed by atoms with E-state index >= 15 is 0 Å². The molecule has 0 saturated carbocycles. The van der Waals surface area contributed by atoms with Gasteiger partial charge in [-0.05, 0) is 53.4 Å².